The van der Waals surface area contributed by atoms with Gasteiger partial charge < -0.3 is 9.52 Å². The number of hydrogen-bond acceptors (Lipinski definition) is 4. The van der Waals surface area contributed by atoms with Crippen molar-refractivity contribution in [3.8, 4) is 0 Å². The van der Waals surface area contributed by atoms with Crippen LogP contribution in [0.2, 0.25) is 0 Å². The monoisotopic (exact) mass is 279 g/mol. The van der Waals surface area contributed by atoms with Crippen molar-refractivity contribution in [2.24, 2.45) is 0 Å². The van der Waals surface area contributed by atoms with Gasteiger partial charge in [0.25, 0.3) is 5.22 Å². The second-order valence-corrected chi connectivity index (χ2v) is 4.58. The van der Waals surface area contributed by atoms with E-state index in [2.05, 4.69) is 4.98 Å². The van der Waals surface area contributed by atoms with Crippen LogP contribution < -0.4 is 0 Å². The van der Waals surface area contributed by atoms with Crippen molar-refractivity contribution in [1.29, 1.82) is 0 Å². The van der Waals surface area contributed by atoms with Crippen LogP contribution in [0.5, 0.6) is 0 Å². The smallest absolute Gasteiger partial charge is 0.328 e. The third-order valence-corrected chi connectivity index (χ3v) is 3.10. The molecule has 19 heavy (non-hydrogen) atoms. The van der Waals surface area contributed by atoms with Gasteiger partial charge in [-0.3, -0.25) is 0 Å². The molecule has 0 bridgehead atoms. The van der Waals surface area contributed by atoms with Crippen LogP contribution >= 0.6 is 11.8 Å². The van der Waals surface area contributed by atoms with Gasteiger partial charge in [0.05, 0.1) is 6.20 Å². The molecule has 2 aromatic rings. The van der Waals surface area contributed by atoms with Crippen molar-refractivity contribution in [3.05, 3.63) is 53.7 Å². The van der Waals surface area contributed by atoms with E-state index in [4.69, 9.17) is 9.52 Å². The second-order valence-electron chi connectivity index (χ2n) is 3.65. The predicted molar refractivity (Wildman–Crippen MR) is 69.1 cm³/mol. The van der Waals surface area contributed by atoms with E-state index >= 15 is 0 Å². The van der Waals surface area contributed by atoms with E-state index in [0.717, 1.165) is 11.6 Å². The molecule has 2 rings (SSSR count). The van der Waals surface area contributed by atoms with E-state index in [9.17, 15) is 9.18 Å². The first kappa shape index (κ1) is 13.4. The molecule has 1 aromatic heterocycles. The summed E-state index contributed by atoms with van der Waals surface area (Å²) in [5.74, 6) is -0.984. The van der Waals surface area contributed by atoms with Crippen molar-refractivity contribution in [1.82, 2.24) is 4.98 Å². The number of carboxylic acid groups (broad SMARTS) is 1. The topological polar surface area (TPSA) is 63.3 Å². The summed E-state index contributed by atoms with van der Waals surface area (Å²) in [6, 6.07) is 4.39. The summed E-state index contributed by atoms with van der Waals surface area (Å²) in [5.41, 5.74) is 1.23. The maximum absolute atomic E-state index is 13.4. The number of oxazole rings is 1. The summed E-state index contributed by atoms with van der Waals surface area (Å²) in [5, 5.41) is 9.04. The molecule has 0 aliphatic heterocycles. The number of thioether (sulfide) groups is 1. The van der Waals surface area contributed by atoms with Crippen LogP contribution in [0.1, 0.15) is 11.1 Å². The molecule has 98 valence electrons. The lowest BCUT2D eigenvalue weighted by molar-refractivity contribution is -0.131. The molecule has 1 N–H and O–H groups in total. The van der Waals surface area contributed by atoms with Gasteiger partial charge >= 0.3 is 5.97 Å². The molecular weight excluding hydrogens is 269 g/mol. The van der Waals surface area contributed by atoms with Crippen molar-refractivity contribution in [3.63, 3.8) is 0 Å². The van der Waals surface area contributed by atoms with E-state index in [1.165, 1.54) is 42.4 Å². The van der Waals surface area contributed by atoms with Gasteiger partial charge in [0.2, 0.25) is 0 Å². The van der Waals surface area contributed by atoms with Gasteiger partial charge in [-0.05, 0) is 29.3 Å². The van der Waals surface area contributed by atoms with Gasteiger partial charge in [-0.2, -0.15) is 0 Å². The number of rotatable bonds is 5. The van der Waals surface area contributed by atoms with Crippen LogP contribution in [-0.2, 0) is 10.5 Å². The number of aliphatic carboxylic acids is 1. The standard InChI is InChI=1S/C13H10FNO3S/c14-11-6-9(1-2-12(16)17)5-10(7-11)8-19-13-15-3-4-18-13/h1-7H,8H2,(H,16,17)/b2-1+. The minimum absolute atomic E-state index is 0.407. The summed E-state index contributed by atoms with van der Waals surface area (Å²) in [6.07, 6.45) is 5.33. The van der Waals surface area contributed by atoms with E-state index < -0.39 is 11.8 Å². The van der Waals surface area contributed by atoms with E-state index in [1.54, 1.807) is 6.07 Å². The first-order valence-corrected chi connectivity index (χ1v) is 6.35. The maximum Gasteiger partial charge on any atom is 0.328 e. The fourth-order valence-corrected chi connectivity index (χ4v) is 2.16. The predicted octanol–water partition coefficient (Wildman–Crippen LogP) is 3.20. The fraction of sp³-hybridized carbons (Fsp3) is 0.0769. The highest BCUT2D eigenvalue weighted by Crippen LogP contribution is 2.22. The molecule has 0 spiro atoms. The molecule has 0 amide bonds. The Labute approximate surface area is 113 Å². The molecule has 0 saturated heterocycles. The van der Waals surface area contributed by atoms with E-state index in [-0.39, 0.29) is 0 Å². The van der Waals surface area contributed by atoms with Gasteiger partial charge in [-0.25, -0.2) is 14.2 Å². The summed E-state index contributed by atoms with van der Waals surface area (Å²) in [7, 11) is 0. The van der Waals surface area contributed by atoms with Gasteiger partial charge in [0, 0.05) is 11.8 Å². The molecule has 0 saturated carbocycles. The fourth-order valence-electron chi connectivity index (χ4n) is 1.45. The van der Waals surface area contributed by atoms with Crippen molar-refractivity contribution < 1.29 is 18.7 Å². The number of carbonyl (C=O) groups is 1. The number of benzene rings is 1. The molecule has 4 nitrogen and oxygen atoms in total. The number of halogens is 1. The quantitative estimate of drug-likeness (QED) is 0.672. The molecule has 0 fully saturated rings. The highest BCUT2D eigenvalue weighted by molar-refractivity contribution is 7.98. The van der Waals surface area contributed by atoms with E-state index in [0.29, 0.717) is 16.5 Å². The van der Waals surface area contributed by atoms with Crippen LogP contribution in [0.25, 0.3) is 6.08 Å². The molecule has 6 heteroatoms. The van der Waals surface area contributed by atoms with Gasteiger partial charge in [-0.15, -0.1) is 0 Å². The molecular formula is C13H10FNO3S. The Hall–Kier alpha value is -2.08. The zero-order chi connectivity index (χ0) is 13.7. The van der Waals surface area contributed by atoms with Crippen LogP contribution in [0.3, 0.4) is 0 Å². The number of aromatic nitrogens is 1. The third kappa shape index (κ3) is 4.26. The zero-order valence-electron chi connectivity index (χ0n) is 9.75. The molecule has 0 aliphatic carbocycles. The summed E-state index contributed by atoms with van der Waals surface area (Å²) in [4.78, 5) is 14.4. The van der Waals surface area contributed by atoms with Crippen LogP contribution in [0.4, 0.5) is 4.39 Å². The first-order chi connectivity index (χ1) is 9.13. The van der Waals surface area contributed by atoms with Crippen LogP contribution in [-0.4, -0.2) is 16.1 Å². The van der Waals surface area contributed by atoms with Crippen molar-refractivity contribution >= 4 is 23.8 Å². The number of carboxylic acids is 1. The number of hydrogen-bond donors (Lipinski definition) is 1. The van der Waals surface area contributed by atoms with Crippen molar-refractivity contribution in [2.75, 3.05) is 0 Å². The molecule has 1 heterocycles. The Balaban J connectivity index is 2.10. The molecule has 0 atom stereocenters. The van der Waals surface area contributed by atoms with Gasteiger partial charge in [0.15, 0.2) is 0 Å². The Morgan fingerprint density at radius 1 is 1.47 bits per heavy atom. The van der Waals surface area contributed by atoms with Crippen molar-refractivity contribution in [2.45, 2.75) is 11.0 Å². The Kier molecular flexibility index (Phi) is 4.35. The highest BCUT2D eigenvalue weighted by atomic mass is 32.2. The Morgan fingerprint density at radius 3 is 3.00 bits per heavy atom. The lowest BCUT2D eigenvalue weighted by Gasteiger charge is -2.02. The van der Waals surface area contributed by atoms with E-state index in [1.807, 2.05) is 0 Å². The average Bonchev–Trinajstić information content (AvgIpc) is 2.86. The van der Waals surface area contributed by atoms with Gasteiger partial charge in [0.1, 0.15) is 12.1 Å². The lowest BCUT2D eigenvalue weighted by Crippen LogP contribution is -1.89. The molecule has 0 unspecified atom stereocenters. The minimum Gasteiger partial charge on any atom is -0.478 e. The normalized spacial score (nSPS) is 11.0. The maximum atomic E-state index is 13.4. The highest BCUT2D eigenvalue weighted by Gasteiger charge is 2.03. The van der Waals surface area contributed by atoms with Crippen LogP contribution in [0.15, 0.2) is 46.4 Å². The summed E-state index contributed by atoms with van der Waals surface area (Å²) >= 11 is 1.34. The van der Waals surface area contributed by atoms with Gasteiger partial charge in [-0.1, -0.05) is 17.8 Å². The molecule has 0 radical (unpaired) electrons. The molecule has 1 aromatic carbocycles. The Bertz CT molecular complexity index is 596. The first-order valence-electron chi connectivity index (χ1n) is 5.36. The number of nitrogens with zero attached hydrogens (tertiary/aromatic N) is 1. The summed E-state index contributed by atoms with van der Waals surface area (Å²) in [6.45, 7) is 0. The Morgan fingerprint density at radius 2 is 2.32 bits per heavy atom. The minimum atomic E-state index is -1.07. The second kappa shape index (κ2) is 6.19. The molecule has 0 aliphatic rings. The van der Waals surface area contributed by atoms with Crippen LogP contribution in [0, 0.1) is 5.82 Å². The zero-order valence-corrected chi connectivity index (χ0v) is 10.6. The summed E-state index contributed by atoms with van der Waals surface area (Å²) < 4.78 is 18.4. The average molecular weight is 279 g/mol. The lowest BCUT2D eigenvalue weighted by atomic mass is 10.1. The largest absolute Gasteiger partial charge is 0.478 e. The SMILES string of the molecule is O=C(O)/C=C/c1cc(F)cc(CSc2ncco2)c1. The third-order valence-electron chi connectivity index (χ3n) is 2.17.